The van der Waals surface area contributed by atoms with E-state index in [0.29, 0.717) is 0 Å². The lowest BCUT2D eigenvalue weighted by atomic mass is 9.91. The molecule has 0 aromatic heterocycles. The van der Waals surface area contributed by atoms with Crippen LogP contribution in [0.1, 0.15) is 20.3 Å². The predicted octanol–water partition coefficient (Wildman–Crippen LogP) is 1.02. The highest BCUT2D eigenvalue weighted by Crippen LogP contribution is 2.23. The lowest BCUT2D eigenvalue weighted by Gasteiger charge is -2.45. The fourth-order valence-corrected chi connectivity index (χ4v) is 1.39. The lowest BCUT2D eigenvalue weighted by Crippen LogP contribution is -2.61. The summed E-state index contributed by atoms with van der Waals surface area (Å²) in [6.45, 7) is 6.72. The van der Waals surface area contributed by atoms with Gasteiger partial charge < -0.3 is 5.11 Å². The summed E-state index contributed by atoms with van der Waals surface area (Å²) in [4.78, 5) is 2.24. The molecule has 0 aromatic rings. The number of nitrogens with zero attached hydrogens (tertiary/aromatic N) is 1. The molecule has 0 spiro atoms. The fourth-order valence-electron chi connectivity index (χ4n) is 1.39. The van der Waals surface area contributed by atoms with Crippen molar-refractivity contribution in [3.63, 3.8) is 0 Å². The molecule has 0 bridgehead atoms. The van der Waals surface area contributed by atoms with E-state index in [4.69, 9.17) is 0 Å². The molecule has 11 heavy (non-hydrogen) atoms. The van der Waals surface area contributed by atoms with Gasteiger partial charge in [0.15, 0.2) is 0 Å². The summed E-state index contributed by atoms with van der Waals surface area (Å²) in [5.41, 5.74) is -0.373. The first-order valence-corrected chi connectivity index (χ1v) is 4.26. The van der Waals surface area contributed by atoms with Crippen molar-refractivity contribution in [2.45, 2.75) is 25.9 Å². The minimum absolute atomic E-state index is 0.373. The number of hydrogen-bond acceptors (Lipinski definition) is 2. The molecule has 0 saturated carbocycles. The van der Waals surface area contributed by atoms with Gasteiger partial charge in [0.1, 0.15) is 0 Å². The first kappa shape index (κ1) is 8.75. The number of β-amino-alcohol motifs (C(OH)–C–C–N with tert-alkyl or cyclic N) is 1. The first-order valence-electron chi connectivity index (χ1n) is 4.26. The van der Waals surface area contributed by atoms with Crippen LogP contribution in [0.4, 0.5) is 0 Å². The maximum atomic E-state index is 9.62. The summed E-state index contributed by atoms with van der Waals surface area (Å²) in [7, 11) is 0. The van der Waals surface area contributed by atoms with E-state index in [2.05, 4.69) is 11.0 Å². The molecule has 1 N–H and O–H groups in total. The molecule has 1 rings (SSSR count). The Balaban J connectivity index is 2.18. The molecular weight excluding hydrogens is 138 g/mol. The van der Waals surface area contributed by atoms with E-state index >= 15 is 0 Å². The molecule has 1 aliphatic heterocycles. The smallest absolute Gasteiger partial charge is 0.0897 e. The van der Waals surface area contributed by atoms with Crippen LogP contribution in [0.15, 0.2) is 12.2 Å². The highest BCUT2D eigenvalue weighted by Gasteiger charge is 2.38. The molecule has 0 amide bonds. The summed E-state index contributed by atoms with van der Waals surface area (Å²) in [5, 5.41) is 9.62. The molecule has 0 unspecified atom stereocenters. The van der Waals surface area contributed by atoms with E-state index in [9.17, 15) is 5.11 Å². The Morgan fingerprint density at radius 1 is 1.55 bits per heavy atom. The minimum atomic E-state index is -0.373. The SMILES string of the molecule is CC=CCN1CC(O)(CC)C1. The normalized spacial score (nSPS) is 23.9. The molecule has 1 aliphatic rings. The van der Waals surface area contributed by atoms with Gasteiger partial charge in [0.2, 0.25) is 0 Å². The highest BCUT2D eigenvalue weighted by molar-refractivity contribution is 4.97. The average molecular weight is 155 g/mol. The third-order valence-electron chi connectivity index (χ3n) is 2.29. The van der Waals surface area contributed by atoms with Gasteiger partial charge in [-0.15, -0.1) is 0 Å². The maximum absolute atomic E-state index is 9.62. The van der Waals surface area contributed by atoms with Crippen molar-refractivity contribution in [3.05, 3.63) is 12.2 Å². The quantitative estimate of drug-likeness (QED) is 0.615. The Morgan fingerprint density at radius 2 is 2.18 bits per heavy atom. The predicted molar refractivity (Wildman–Crippen MR) is 46.5 cm³/mol. The molecule has 0 aromatic carbocycles. The first-order chi connectivity index (χ1) is 5.20. The van der Waals surface area contributed by atoms with Crippen LogP contribution in [0, 0.1) is 0 Å². The van der Waals surface area contributed by atoms with E-state index in [-0.39, 0.29) is 5.60 Å². The largest absolute Gasteiger partial charge is 0.387 e. The van der Waals surface area contributed by atoms with Crippen molar-refractivity contribution < 1.29 is 5.11 Å². The zero-order valence-corrected chi connectivity index (χ0v) is 7.38. The van der Waals surface area contributed by atoms with Gasteiger partial charge in [0.25, 0.3) is 0 Å². The number of aliphatic hydroxyl groups is 1. The van der Waals surface area contributed by atoms with Gasteiger partial charge in [-0.05, 0) is 13.3 Å². The molecule has 2 heteroatoms. The number of hydrogen-bond donors (Lipinski definition) is 1. The van der Waals surface area contributed by atoms with Crippen molar-refractivity contribution in [2.24, 2.45) is 0 Å². The van der Waals surface area contributed by atoms with Crippen LogP contribution in [0.3, 0.4) is 0 Å². The highest BCUT2D eigenvalue weighted by atomic mass is 16.3. The third kappa shape index (κ3) is 2.04. The Labute approximate surface area is 68.5 Å². The summed E-state index contributed by atoms with van der Waals surface area (Å²) >= 11 is 0. The molecule has 0 atom stereocenters. The van der Waals surface area contributed by atoms with Crippen molar-refractivity contribution in [1.29, 1.82) is 0 Å². The summed E-state index contributed by atoms with van der Waals surface area (Å²) in [5.74, 6) is 0. The number of rotatable bonds is 3. The standard InChI is InChI=1S/C9H17NO/c1-3-5-6-10-7-9(11,4-2)8-10/h3,5,11H,4,6-8H2,1-2H3. The molecule has 1 fully saturated rings. The van der Waals surface area contributed by atoms with E-state index in [1.165, 1.54) is 0 Å². The van der Waals surface area contributed by atoms with Crippen molar-refractivity contribution in [1.82, 2.24) is 4.90 Å². The van der Waals surface area contributed by atoms with E-state index in [0.717, 1.165) is 26.1 Å². The second kappa shape index (κ2) is 3.37. The Bertz CT molecular complexity index is 148. The zero-order valence-electron chi connectivity index (χ0n) is 7.38. The van der Waals surface area contributed by atoms with E-state index in [1.54, 1.807) is 0 Å². The fraction of sp³-hybridized carbons (Fsp3) is 0.778. The van der Waals surface area contributed by atoms with Crippen LogP contribution in [-0.4, -0.2) is 35.2 Å². The maximum Gasteiger partial charge on any atom is 0.0897 e. The summed E-state index contributed by atoms with van der Waals surface area (Å²) in [6.07, 6.45) is 5.04. The van der Waals surface area contributed by atoms with Crippen LogP contribution in [0.25, 0.3) is 0 Å². The summed E-state index contributed by atoms with van der Waals surface area (Å²) in [6, 6.07) is 0. The Hall–Kier alpha value is -0.340. The average Bonchev–Trinajstić information content (AvgIpc) is 1.96. The van der Waals surface area contributed by atoms with Gasteiger partial charge in [-0.1, -0.05) is 19.1 Å². The molecule has 1 heterocycles. The molecular formula is C9H17NO. The van der Waals surface area contributed by atoms with Gasteiger partial charge in [0, 0.05) is 19.6 Å². The second-order valence-corrected chi connectivity index (χ2v) is 3.32. The molecule has 0 radical (unpaired) electrons. The van der Waals surface area contributed by atoms with Gasteiger partial charge in [-0.3, -0.25) is 4.90 Å². The number of likely N-dealkylation sites (tertiary alicyclic amines) is 1. The van der Waals surface area contributed by atoms with Gasteiger partial charge in [0.05, 0.1) is 5.60 Å². The minimum Gasteiger partial charge on any atom is -0.387 e. The third-order valence-corrected chi connectivity index (χ3v) is 2.29. The Kier molecular flexibility index (Phi) is 2.68. The summed E-state index contributed by atoms with van der Waals surface area (Å²) < 4.78 is 0. The van der Waals surface area contributed by atoms with Crippen molar-refractivity contribution in [3.8, 4) is 0 Å². The zero-order chi connectivity index (χ0) is 8.32. The van der Waals surface area contributed by atoms with Crippen molar-refractivity contribution in [2.75, 3.05) is 19.6 Å². The molecule has 64 valence electrons. The van der Waals surface area contributed by atoms with Crippen LogP contribution in [0.2, 0.25) is 0 Å². The van der Waals surface area contributed by atoms with Crippen LogP contribution >= 0.6 is 0 Å². The molecule has 0 aliphatic carbocycles. The van der Waals surface area contributed by atoms with Crippen LogP contribution in [-0.2, 0) is 0 Å². The van der Waals surface area contributed by atoms with Crippen molar-refractivity contribution >= 4 is 0 Å². The van der Waals surface area contributed by atoms with Gasteiger partial charge in [-0.25, -0.2) is 0 Å². The second-order valence-electron chi connectivity index (χ2n) is 3.32. The lowest BCUT2D eigenvalue weighted by molar-refractivity contribution is -0.0943. The molecule has 1 saturated heterocycles. The van der Waals surface area contributed by atoms with E-state index in [1.807, 2.05) is 19.9 Å². The van der Waals surface area contributed by atoms with Gasteiger partial charge >= 0.3 is 0 Å². The monoisotopic (exact) mass is 155 g/mol. The van der Waals surface area contributed by atoms with Crippen LogP contribution < -0.4 is 0 Å². The number of allylic oxidation sites excluding steroid dienone is 1. The Morgan fingerprint density at radius 3 is 2.64 bits per heavy atom. The van der Waals surface area contributed by atoms with Gasteiger partial charge in [-0.2, -0.15) is 0 Å². The molecule has 2 nitrogen and oxygen atoms in total. The van der Waals surface area contributed by atoms with Crippen LogP contribution in [0.5, 0.6) is 0 Å². The topological polar surface area (TPSA) is 23.5 Å². The van der Waals surface area contributed by atoms with E-state index < -0.39 is 0 Å².